The van der Waals surface area contributed by atoms with Crippen LogP contribution in [0.4, 0.5) is 0 Å². The van der Waals surface area contributed by atoms with E-state index < -0.39 is 0 Å². The lowest BCUT2D eigenvalue weighted by Gasteiger charge is -2.08. The van der Waals surface area contributed by atoms with Crippen molar-refractivity contribution in [2.24, 2.45) is 4.99 Å². The Hall–Kier alpha value is -3.19. The molecular formula is C22H21N3O3S. The Balaban J connectivity index is 1.87. The number of thiazole rings is 1. The quantitative estimate of drug-likeness (QED) is 0.505. The molecule has 2 aromatic carbocycles. The summed E-state index contributed by atoms with van der Waals surface area (Å²) in [5.41, 5.74) is 3.21. The third-order valence-electron chi connectivity index (χ3n) is 4.78. The van der Waals surface area contributed by atoms with E-state index in [0.717, 1.165) is 38.3 Å². The number of benzene rings is 2. The van der Waals surface area contributed by atoms with Gasteiger partial charge in [0.25, 0.3) is 5.91 Å². The number of hydrogen-bond acceptors (Lipinski definition) is 5. The number of pyridine rings is 1. The SMILES string of the molecule is CCn1c(=NC(=O)c2ccc3nc(C)ccc3c2)sc2c(OC)ccc(OC)c21. The molecule has 29 heavy (non-hydrogen) atoms. The van der Waals surface area contributed by atoms with Gasteiger partial charge in [-0.1, -0.05) is 17.4 Å². The fourth-order valence-electron chi connectivity index (χ4n) is 3.34. The van der Waals surface area contributed by atoms with E-state index in [1.54, 1.807) is 20.3 Å². The molecule has 0 atom stereocenters. The summed E-state index contributed by atoms with van der Waals surface area (Å²) >= 11 is 1.42. The molecule has 0 aliphatic rings. The number of fused-ring (bicyclic) bond motifs is 2. The van der Waals surface area contributed by atoms with Gasteiger partial charge in [-0.2, -0.15) is 4.99 Å². The summed E-state index contributed by atoms with van der Waals surface area (Å²) in [6.45, 7) is 4.61. The van der Waals surface area contributed by atoms with Crippen molar-refractivity contribution in [3.05, 3.63) is 58.5 Å². The van der Waals surface area contributed by atoms with E-state index in [9.17, 15) is 4.79 Å². The Kier molecular flexibility index (Phi) is 5.07. The Bertz CT molecular complexity index is 1300. The number of nitrogens with zero attached hydrogens (tertiary/aromatic N) is 3. The minimum atomic E-state index is -0.292. The van der Waals surface area contributed by atoms with Crippen molar-refractivity contribution in [1.29, 1.82) is 0 Å². The third-order valence-corrected chi connectivity index (χ3v) is 5.87. The summed E-state index contributed by atoms with van der Waals surface area (Å²) in [7, 11) is 3.26. The molecule has 148 valence electrons. The standard InChI is InChI=1S/C22H21N3O3S/c1-5-25-19-17(27-3)10-11-18(28-4)20(19)29-22(25)24-21(26)15-8-9-16-14(12-15)7-6-13(2)23-16/h6-12H,5H2,1-4H3. The number of carbonyl (C=O) groups excluding carboxylic acids is 1. The van der Waals surface area contributed by atoms with Gasteiger partial charge in [0.1, 0.15) is 21.7 Å². The second kappa shape index (κ2) is 7.67. The van der Waals surface area contributed by atoms with Crippen molar-refractivity contribution in [3.63, 3.8) is 0 Å². The number of rotatable bonds is 4. The Morgan fingerprint density at radius 3 is 2.59 bits per heavy atom. The molecule has 4 rings (SSSR count). The summed E-state index contributed by atoms with van der Waals surface area (Å²) in [5.74, 6) is 1.16. The zero-order valence-corrected chi connectivity index (χ0v) is 17.5. The Morgan fingerprint density at radius 2 is 1.86 bits per heavy atom. The molecule has 6 nitrogen and oxygen atoms in total. The number of methoxy groups -OCH3 is 2. The van der Waals surface area contributed by atoms with Crippen molar-refractivity contribution in [1.82, 2.24) is 9.55 Å². The van der Waals surface area contributed by atoms with Crippen LogP contribution in [0.2, 0.25) is 0 Å². The Labute approximate surface area is 172 Å². The lowest BCUT2D eigenvalue weighted by atomic mass is 10.1. The van der Waals surface area contributed by atoms with Crippen LogP contribution in [0.25, 0.3) is 21.1 Å². The largest absolute Gasteiger partial charge is 0.495 e. The zero-order valence-electron chi connectivity index (χ0n) is 16.7. The van der Waals surface area contributed by atoms with E-state index >= 15 is 0 Å². The predicted molar refractivity (Wildman–Crippen MR) is 115 cm³/mol. The van der Waals surface area contributed by atoms with Crippen LogP contribution >= 0.6 is 11.3 Å². The highest BCUT2D eigenvalue weighted by Crippen LogP contribution is 2.35. The van der Waals surface area contributed by atoms with Gasteiger partial charge in [-0.15, -0.1) is 0 Å². The van der Waals surface area contributed by atoms with Crippen LogP contribution in [-0.4, -0.2) is 29.7 Å². The van der Waals surface area contributed by atoms with Crippen molar-refractivity contribution < 1.29 is 14.3 Å². The van der Waals surface area contributed by atoms with Gasteiger partial charge < -0.3 is 14.0 Å². The van der Waals surface area contributed by atoms with E-state index in [1.807, 2.05) is 54.8 Å². The third kappa shape index (κ3) is 3.38. The summed E-state index contributed by atoms with van der Waals surface area (Å²) in [4.78, 5) is 22.4. The maximum absolute atomic E-state index is 12.9. The fourth-order valence-corrected chi connectivity index (χ4v) is 4.55. The summed E-state index contributed by atoms with van der Waals surface area (Å²) in [6, 6.07) is 13.1. The number of ether oxygens (including phenoxy) is 2. The smallest absolute Gasteiger partial charge is 0.279 e. The number of aromatic nitrogens is 2. The van der Waals surface area contributed by atoms with Gasteiger partial charge in [0.15, 0.2) is 4.80 Å². The molecule has 0 bridgehead atoms. The molecule has 4 aromatic rings. The van der Waals surface area contributed by atoms with Crippen LogP contribution in [0, 0.1) is 6.92 Å². The molecule has 0 radical (unpaired) electrons. The highest BCUT2D eigenvalue weighted by atomic mass is 32.1. The molecule has 0 saturated carbocycles. The molecule has 0 unspecified atom stereocenters. The summed E-state index contributed by atoms with van der Waals surface area (Å²) < 4.78 is 13.9. The first-order valence-corrected chi connectivity index (χ1v) is 10.1. The summed E-state index contributed by atoms with van der Waals surface area (Å²) in [5, 5.41) is 0.916. The van der Waals surface area contributed by atoms with E-state index in [1.165, 1.54) is 11.3 Å². The minimum Gasteiger partial charge on any atom is -0.495 e. The lowest BCUT2D eigenvalue weighted by Crippen LogP contribution is -2.16. The molecule has 0 aliphatic heterocycles. The van der Waals surface area contributed by atoms with Gasteiger partial charge in [0.05, 0.1) is 19.7 Å². The van der Waals surface area contributed by atoms with Gasteiger partial charge in [-0.3, -0.25) is 9.78 Å². The maximum Gasteiger partial charge on any atom is 0.279 e. The first-order chi connectivity index (χ1) is 14.0. The zero-order chi connectivity index (χ0) is 20.5. The van der Waals surface area contributed by atoms with E-state index in [0.29, 0.717) is 16.9 Å². The molecule has 1 amide bonds. The van der Waals surface area contributed by atoms with Crippen molar-refractivity contribution in [2.45, 2.75) is 20.4 Å². The molecule has 0 aliphatic carbocycles. The second-order valence-corrected chi connectivity index (χ2v) is 7.53. The van der Waals surface area contributed by atoms with Gasteiger partial charge >= 0.3 is 0 Å². The number of aryl methyl sites for hydroxylation is 2. The maximum atomic E-state index is 12.9. The molecular weight excluding hydrogens is 386 g/mol. The van der Waals surface area contributed by atoms with Gasteiger partial charge in [0.2, 0.25) is 0 Å². The van der Waals surface area contributed by atoms with Crippen LogP contribution in [0.3, 0.4) is 0 Å². The lowest BCUT2D eigenvalue weighted by molar-refractivity contribution is 0.0998. The fraction of sp³-hybridized carbons (Fsp3) is 0.227. The predicted octanol–water partition coefficient (Wildman–Crippen LogP) is 4.34. The topological polar surface area (TPSA) is 65.7 Å². The number of amides is 1. The molecule has 0 N–H and O–H groups in total. The Morgan fingerprint density at radius 1 is 1.10 bits per heavy atom. The van der Waals surface area contributed by atoms with Gasteiger partial charge in [-0.05, 0) is 50.2 Å². The van der Waals surface area contributed by atoms with Crippen LogP contribution in [-0.2, 0) is 6.54 Å². The first-order valence-electron chi connectivity index (χ1n) is 9.26. The van der Waals surface area contributed by atoms with Gasteiger partial charge in [-0.25, -0.2) is 0 Å². The normalized spacial score (nSPS) is 11.9. The highest BCUT2D eigenvalue weighted by Gasteiger charge is 2.16. The van der Waals surface area contributed by atoms with Crippen LogP contribution in [0.15, 0.2) is 47.5 Å². The number of carbonyl (C=O) groups is 1. The van der Waals surface area contributed by atoms with Crippen LogP contribution in [0.5, 0.6) is 11.5 Å². The average Bonchev–Trinajstić information content (AvgIpc) is 3.10. The van der Waals surface area contributed by atoms with Crippen molar-refractivity contribution in [2.75, 3.05) is 14.2 Å². The van der Waals surface area contributed by atoms with Crippen molar-refractivity contribution >= 4 is 38.4 Å². The van der Waals surface area contributed by atoms with E-state index in [-0.39, 0.29) is 5.91 Å². The molecule has 0 fully saturated rings. The molecule has 7 heteroatoms. The first kappa shape index (κ1) is 19.1. The number of hydrogen-bond donors (Lipinski definition) is 0. The van der Waals surface area contributed by atoms with Gasteiger partial charge in [0, 0.05) is 23.2 Å². The van der Waals surface area contributed by atoms with E-state index in [2.05, 4.69) is 9.98 Å². The highest BCUT2D eigenvalue weighted by molar-refractivity contribution is 7.16. The minimum absolute atomic E-state index is 0.292. The van der Waals surface area contributed by atoms with Crippen LogP contribution < -0.4 is 14.3 Å². The average molecular weight is 407 g/mol. The molecule has 2 heterocycles. The monoisotopic (exact) mass is 407 g/mol. The van der Waals surface area contributed by atoms with E-state index in [4.69, 9.17) is 9.47 Å². The molecule has 0 saturated heterocycles. The van der Waals surface area contributed by atoms with Crippen LogP contribution in [0.1, 0.15) is 23.0 Å². The molecule has 0 spiro atoms. The molecule has 2 aromatic heterocycles. The summed E-state index contributed by atoms with van der Waals surface area (Å²) in [6.07, 6.45) is 0. The second-order valence-electron chi connectivity index (χ2n) is 6.55. The van der Waals surface area contributed by atoms with Crippen molar-refractivity contribution in [3.8, 4) is 11.5 Å².